The summed E-state index contributed by atoms with van der Waals surface area (Å²) >= 11 is 0. The molecule has 0 aliphatic rings. The van der Waals surface area contributed by atoms with Gasteiger partial charge in [0.1, 0.15) is 5.82 Å². The summed E-state index contributed by atoms with van der Waals surface area (Å²) in [5.74, 6) is -0.290. The number of hydrogen-bond acceptors (Lipinski definition) is 1. The molecule has 0 aliphatic heterocycles. The fourth-order valence-electron chi connectivity index (χ4n) is 2.83. The van der Waals surface area contributed by atoms with Crippen LogP contribution >= 0.6 is 0 Å². The third kappa shape index (κ3) is 4.65. The van der Waals surface area contributed by atoms with Gasteiger partial charge < -0.3 is 5.32 Å². The Morgan fingerprint density at radius 1 is 1.17 bits per heavy atom. The Hall–Kier alpha value is -2.16. The van der Waals surface area contributed by atoms with Gasteiger partial charge in [-0.05, 0) is 49.4 Å². The van der Waals surface area contributed by atoms with E-state index < -0.39 is 0 Å². The van der Waals surface area contributed by atoms with E-state index in [-0.39, 0.29) is 17.8 Å². The van der Waals surface area contributed by atoms with E-state index in [9.17, 15) is 9.18 Å². The first-order valence-corrected chi connectivity index (χ1v) is 8.11. The summed E-state index contributed by atoms with van der Waals surface area (Å²) in [5.41, 5.74) is 4.14. The van der Waals surface area contributed by atoms with Gasteiger partial charge in [-0.3, -0.25) is 4.79 Å². The molecule has 23 heavy (non-hydrogen) atoms. The molecule has 1 atom stereocenters. The van der Waals surface area contributed by atoms with Gasteiger partial charge in [0.2, 0.25) is 5.91 Å². The van der Waals surface area contributed by atoms with Crippen LogP contribution in [0.25, 0.3) is 0 Å². The van der Waals surface area contributed by atoms with Gasteiger partial charge in [0.25, 0.3) is 0 Å². The number of carbonyl (C=O) groups is 1. The number of nitrogens with one attached hydrogen (secondary N) is 1. The van der Waals surface area contributed by atoms with Crippen molar-refractivity contribution in [3.05, 3.63) is 70.5 Å². The van der Waals surface area contributed by atoms with E-state index in [0.717, 1.165) is 12.0 Å². The van der Waals surface area contributed by atoms with E-state index in [1.165, 1.54) is 17.2 Å². The molecule has 0 aromatic heterocycles. The molecule has 0 saturated carbocycles. The lowest BCUT2D eigenvalue weighted by Crippen LogP contribution is -2.28. The highest BCUT2D eigenvalue weighted by atomic mass is 19.1. The van der Waals surface area contributed by atoms with Gasteiger partial charge in [-0.1, -0.05) is 48.9 Å². The molecule has 2 nitrogen and oxygen atoms in total. The van der Waals surface area contributed by atoms with Crippen LogP contribution in [0, 0.1) is 19.7 Å². The van der Waals surface area contributed by atoms with Crippen LogP contribution in [0.4, 0.5) is 4.39 Å². The summed E-state index contributed by atoms with van der Waals surface area (Å²) in [7, 11) is 0. The number of benzene rings is 2. The molecular formula is C20H24FNO. The Bertz CT molecular complexity index is 681. The number of aryl methyl sites for hydroxylation is 3. The Kier molecular flexibility index (Phi) is 5.91. The summed E-state index contributed by atoms with van der Waals surface area (Å²) in [6.45, 7) is 6.18. The molecule has 0 saturated heterocycles. The van der Waals surface area contributed by atoms with Crippen molar-refractivity contribution in [1.82, 2.24) is 5.32 Å². The average Bonchev–Trinajstić information content (AvgIpc) is 2.52. The second-order valence-corrected chi connectivity index (χ2v) is 5.98. The molecule has 1 N–H and O–H groups in total. The molecule has 0 bridgehead atoms. The molecule has 0 fully saturated rings. The highest BCUT2D eigenvalue weighted by molar-refractivity contribution is 5.76. The van der Waals surface area contributed by atoms with Gasteiger partial charge in [-0.15, -0.1) is 0 Å². The van der Waals surface area contributed by atoms with Gasteiger partial charge in [0.15, 0.2) is 0 Å². The maximum absolute atomic E-state index is 13.6. The van der Waals surface area contributed by atoms with Crippen LogP contribution in [0.1, 0.15) is 48.1 Å². The van der Waals surface area contributed by atoms with Gasteiger partial charge in [0.05, 0.1) is 6.04 Å². The van der Waals surface area contributed by atoms with Crippen LogP contribution in [0.3, 0.4) is 0 Å². The lowest BCUT2D eigenvalue weighted by molar-refractivity contribution is -0.121. The second-order valence-electron chi connectivity index (χ2n) is 5.98. The quantitative estimate of drug-likeness (QED) is 0.827. The summed E-state index contributed by atoms with van der Waals surface area (Å²) in [6.07, 6.45) is 1.54. The first kappa shape index (κ1) is 17.2. The number of halogens is 1. The molecule has 1 amide bonds. The molecule has 2 aromatic carbocycles. The van der Waals surface area contributed by atoms with Crippen LogP contribution in [0.2, 0.25) is 0 Å². The molecule has 1 unspecified atom stereocenters. The van der Waals surface area contributed by atoms with E-state index in [1.807, 2.05) is 0 Å². The smallest absolute Gasteiger partial charge is 0.220 e. The van der Waals surface area contributed by atoms with Crippen molar-refractivity contribution in [3.8, 4) is 0 Å². The normalized spacial score (nSPS) is 12.0. The minimum atomic E-state index is -0.248. The zero-order chi connectivity index (χ0) is 16.8. The minimum Gasteiger partial charge on any atom is -0.349 e. The van der Waals surface area contributed by atoms with Crippen molar-refractivity contribution in [2.24, 2.45) is 0 Å². The molecule has 2 aromatic rings. The van der Waals surface area contributed by atoms with E-state index >= 15 is 0 Å². The Labute approximate surface area is 137 Å². The third-order valence-corrected chi connectivity index (χ3v) is 4.12. The molecule has 0 aliphatic carbocycles. The monoisotopic (exact) mass is 313 g/mol. The largest absolute Gasteiger partial charge is 0.349 e. The van der Waals surface area contributed by atoms with Gasteiger partial charge >= 0.3 is 0 Å². The van der Waals surface area contributed by atoms with Crippen LogP contribution < -0.4 is 5.32 Å². The van der Waals surface area contributed by atoms with E-state index in [0.29, 0.717) is 18.4 Å². The van der Waals surface area contributed by atoms with Crippen molar-refractivity contribution >= 4 is 5.91 Å². The topological polar surface area (TPSA) is 29.1 Å². The zero-order valence-corrected chi connectivity index (χ0v) is 14.0. The predicted octanol–water partition coefficient (Wildman–Crippen LogP) is 4.64. The van der Waals surface area contributed by atoms with Crippen molar-refractivity contribution in [1.29, 1.82) is 0 Å². The van der Waals surface area contributed by atoms with Gasteiger partial charge in [-0.2, -0.15) is 0 Å². The number of hydrogen-bond donors (Lipinski definition) is 1. The van der Waals surface area contributed by atoms with Crippen molar-refractivity contribution in [2.75, 3.05) is 0 Å². The number of carbonyl (C=O) groups excluding carboxylic acids is 1. The second kappa shape index (κ2) is 7.91. The van der Waals surface area contributed by atoms with E-state index in [4.69, 9.17) is 0 Å². The highest BCUT2D eigenvalue weighted by Gasteiger charge is 2.15. The molecule has 0 heterocycles. The fraction of sp³-hybridized carbons (Fsp3) is 0.350. The fourth-order valence-corrected chi connectivity index (χ4v) is 2.83. The van der Waals surface area contributed by atoms with Crippen molar-refractivity contribution in [3.63, 3.8) is 0 Å². The zero-order valence-electron chi connectivity index (χ0n) is 14.0. The Morgan fingerprint density at radius 2 is 1.91 bits per heavy atom. The first-order valence-electron chi connectivity index (χ1n) is 8.11. The predicted molar refractivity (Wildman–Crippen MR) is 91.8 cm³/mol. The molecule has 3 heteroatoms. The maximum Gasteiger partial charge on any atom is 0.220 e. The first-order chi connectivity index (χ1) is 11.0. The highest BCUT2D eigenvalue weighted by Crippen LogP contribution is 2.22. The molecule has 0 radical (unpaired) electrons. The molecule has 2 rings (SSSR count). The van der Waals surface area contributed by atoms with E-state index in [1.54, 1.807) is 18.2 Å². The summed E-state index contributed by atoms with van der Waals surface area (Å²) in [4.78, 5) is 12.2. The maximum atomic E-state index is 13.6. The Morgan fingerprint density at radius 3 is 2.57 bits per heavy atom. The average molecular weight is 313 g/mol. The SMILES string of the molecule is CCC(NC(=O)CCc1ccccc1F)c1ccc(C)cc1C. The van der Waals surface area contributed by atoms with Crippen LogP contribution in [0.5, 0.6) is 0 Å². The molecular weight excluding hydrogens is 289 g/mol. The minimum absolute atomic E-state index is 0.00344. The van der Waals surface area contributed by atoms with Crippen LogP contribution in [-0.2, 0) is 11.2 Å². The number of rotatable bonds is 6. The van der Waals surface area contributed by atoms with E-state index in [2.05, 4.69) is 44.3 Å². The summed E-state index contributed by atoms with van der Waals surface area (Å²) < 4.78 is 13.6. The molecule has 122 valence electrons. The van der Waals surface area contributed by atoms with Crippen molar-refractivity contribution < 1.29 is 9.18 Å². The summed E-state index contributed by atoms with van der Waals surface area (Å²) in [5, 5.41) is 3.07. The van der Waals surface area contributed by atoms with Crippen LogP contribution in [0.15, 0.2) is 42.5 Å². The lowest BCUT2D eigenvalue weighted by Gasteiger charge is -2.20. The summed E-state index contributed by atoms with van der Waals surface area (Å²) in [6, 6.07) is 12.9. The van der Waals surface area contributed by atoms with Crippen LogP contribution in [-0.4, -0.2) is 5.91 Å². The Balaban J connectivity index is 1.98. The third-order valence-electron chi connectivity index (χ3n) is 4.12. The van der Waals surface area contributed by atoms with Gasteiger partial charge in [-0.25, -0.2) is 4.39 Å². The standard InChI is InChI=1S/C20H24FNO/c1-4-19(17-11-9-14(2)13-15(17)3)22-20(23)12-10-16-7-5-6-8-18(16)21/h5-9,11,13,19H,4,10,12H2,1-3H3,(H,22,23). The van der Waals surface area contributed by atoms with Gasteiger partial charge in [0, 0.05) is 6.42 Å². The lowest BCUT2D eigenvalue weighted by atomic mass is 9.97. The number of amides is 1. The molecule has 0 spiro atoms. The van der Waals surface area contributed by atoms with Crippen molar-refractivity contribution in [2.45, 2.75) is 46.1 Å².